The van der Waals surface area contributed by atoms with Crippen LogP contribution in [0.15, 0.2) is 45.9 Å². The summed E-state index contributed by atoms with van der Waals surface area (Å²) in [7, 11) is 1.67. The Bertz CT molecular complexity index is 946. The van der Waals surface area contributed by atoms with E-state index in [2.05, 4.69) is 27.0 Å². The number of carbonyl (C=O) groups excluding carboxylic acids is 1. The number of halogens is 2. The molecule has 0 atom stereocenters. The quantitative estimate of drug-likeness (QED) is 0.493. The number of methoxy groups -OCH3 is 1. The minimum absolute atomic E-state index is 0.277. The molecule has 0 bridgehead atoms. The first kappa shape index (κ1) is 22.6. The molecule has 2 aromatic rings. The number of amides is 1. The fourth-order valence-electron chi connectivity index (χ4n) is 3.40. The zero-order valence-corrected chi connectivity index (χ0v) is 19.8. The molecule has 0 fully saturated rings. The molecular formula is C23H26BrClN2O3. The Labute approximate surface area is 191 Å². The van der Waals surface area contributed by atoms with Crippen molar-refractivity contribution in [2.24, 2.45) is 10.9 Å². The third-order valence-corrected chi connectivity index (χ3v) is 5.70. The Kier molecular flexibility index (Phi) is 7.78. The first-order chi connectivity index (χ1) is 14.4. The van der Waals surface area contributed by atoms with E-state index in [0.717, 1.165) is 33.3 Å². The summed E-state index contributed by atoms with van der Waals surface area (Å²) in [5, 5.41) is 0.659. The van der Waals surface area contributed by atoms with Gasteiger partial charge in [0.05, 0.1) is 26.8 Å². The number of hydrogen-bond donors (Lipinski definition) is 0. The smallest absolute Gasteiger partial charge is 0.415 e. The second-order valence-corrected chi connectivity index (χ2v) is 8.87. The van der Waals surface area contributed by atoms with Gasteiger partial charge in [-0.25, -0.2) is 4.79 Å². The fourth-order valence-corrected chi connectivity index (χ4v) is 4.07. The lowest BCUT2D eigenvalue weighted by Crippen LogP contribution is -2.36. The highest BCUT2D eigenvalue weighted by molar-refractivity contribution is 9.10. The summed E-state index contributed by atoms with van der Waals surface area (Å²) in [4.78, 5) is 18.8. The Morgan fingerprint density at radius 2 is 2.07 bits per heavy atom. The van der Waals surface area contributed by atoms with Gasteiger partial charge in [0, 0.05) is 15.1 Å². The first-order valence-electron chi connectivity index (χ1n) is 9.99. The Hall–Kier alpha value is -2.05. The molecule has 0 radical (unpaired) electrons. The minimum Gasteiger partial charge on any atom is -0.496 e. The second kappa shape index (κ2) is 10.3. The SMILES string of the molecule is COc1ccc(Br)cc1CCc1c(Cl)cccc1C1=NCCN1C(=O)OCC(C)C. The molecule has 1 heterocycles. The molecule has 5 nitrogen and oxygen atoms in total. The van der Waals surface area contributed by atoms with E-state index in [9.17, 15) is 4.79 Å². The third-order valence-electron chi connectivity index (χ3n) is 4.85. The highest BCUT2D eigenvalue weighted by Crippen LogP contribution is 2.28. The number of hydrogen-bond acceptors (Lipinski definition) is 4. The summed E-state index contributed by atoms with van der Waals surface area (Å²) in [6.07, 6.45) is 1.07. The number of amidine groups is 1. The predicted molar refractivity (Wildman–Crippen MR) is 124 cm³/mol. The van der Waals surface area contributed by atoms with E-state index in [0.29, 0.717) is 37.0 Å². The largest absolute Gasteiger partial charge is 0.496 e. The second-order valence-electron chi connectivity index (χ2n) is 7.55. The maximum absolute atomic E-state index is 12.6. The zero-order chi connectivity index (χ0) is 21.7. The normalized spacial score (nSPS) is 13.5. The van der Waals surface area contributed by atoms with E-state index in [4.69, 9.17) is 21.1 Å². The summed E-state index contributed by atoms with van der Waals surface area (Å²) < 4.78 is 11.9. The molecule has 160 valence electrons. The number of aryl methyl sites for hydroxylation is 1. The summed E-state index contributed by atoms with van der Waals surface area (Å²) in [5.74, 6) is 1.74. The zero-order valence-electron chi connectivity index (χ0n) is 17.5. The highest BCUT2D eigenvalue weighted by Gasteiger charge is 2.28. The number of benzene rings is 2. The molecule has 0 saturated carbocycles. The van der Waals surface area contributed by atoms with Crippen LogP contribution >= 0.6 is 27.5 Å². The molecule has 0 spiro atoms. The molecule has 2 aromatic carbocycles. The van der Waals surface area contributed by atoms with E-state index in [1.54, 1.807) is 12.0 Å². The van der Waals surface area contributed by atoms with Crippen molar-refractivity contribution in [3.05, 3.63) is 62.6 Å². The summed E-state index contributed by atoms with van der Waals surface area (Å²) in [6.45, 7) is 5.47. The molecule has 1 aliphatic rings. The van der Waals surface area contributed by atoms with Crippen LogP contribution in [0.25, 0.3) is 0 Å². The van der Waals surface area contributed by atoms with Gasteiger partial charge in [0.15, 0.2) is 0 Å². The van der Waals surface area contributed by atoms with Gasteiger partial charge < -0.3 is 9.47 Å². The van der Waals surface area contributed by atoms with E-state index in [1.165, 1.54) is 0 Å². The average molecular weight is 494 g/mol. The molecular weight excluding hydrogens is 468 g/mol. The van der Waals surface area contributed by atoms with Crippen molar-refractivity contribution in [2.45, 2.75) is 26.7 Å². The van der Waals surface area contributed by atoms with Crippen LogP contribution < -0.4 is 4.74 Å². The van der Waals surface area contributed by atoms with Crippen LogP contribution in [-0.2, 0) is 17.6 Å². The summed E-state index contributed by atoms with van der Waals surface area (Å²) in [6, 6.07) is 11.7. The van der Waals surface area contributed by atoms with Crippen molar-refractivity contribution >= 4 is 39.5 Å². The topological polar surface area (TPSA) is 51.1 Å². The molecule has 0 saturated heterocycles. The molecule has 0 unspecified atom stereocenters. The average Bonchev–Trinajstić information content (AvgIpc) is 3.21. The van der Waals surface area contributed by atoms with Crippen LogP contribution in [0.4, 0.5) is 4.79 Å². The molecule has 3 rings (SSSR count). The number of ether oxygens (including phenoxy) is 2. The lowest BCUT2D eigenvalue weighted by Gasteiger charge is -2.21. The van der Waals surface area contributed by atoms with Crippen molar-refractivity contribution in [2.75, 3.05) is 26.8 Å². The summed E-state index contributed by atoms with van der Waals surface area (Å²) >= 11 is 10.1. The molecule has 0 aliphatic carbocycles. The van der Waals surface area contributed by atoms with Gasteiger partial charge >= 0.3 is 6.09 Å². The predicted octanol–water partition coefficient (Wildman–Crippen LogP) is 5.75. The number of carbonyl (C=O) groups is 1. The third kappa shape index (κ3) is 5.35. The van der Waals surface area contributed by atoms with E-state index < -0.39 is 0 Å². The Balaban J connectivity index is 1.85. The van der Waals surface area contributed by atoms with Gasteiger partial charge in [-0.2, -0.15) is 0 Å². The van der Waals surface area contributed by atoms with Crippen molar-refractivity contribution in [3.63, 3.8) is 0 Å². The molecule has 1 amide bonds. The van der Waals surface area contributed by atoms with Crippen LogP contribution in [0.3, 0.4) is 0 Å². The Morgan fingerprint density at radius 3 is 2.80 bits per heavy atom. The maximum atomic E-state index is 12.6. The first-order valence-corrected chi connectivity index (χ1v) is 11.2. The van der Waals surface area contributed by atoms with Gasteiger partial charge in [-0.15, -0.1) is 0 Å². The molecule has 0 aromatic heterocycles. The van der Waals surface area contributed by atoms with Gasteiger partial charge in [0.2, 0.25) is 0 Å². The molecule has 30 heavy (non-hydrogen) atoms. The molecule has 0 N–H and O–H groups in total. The lowest BCUT2D eigenvalue weighted by molar-refractivity contribution is 0.113. The van der Waals surface area contributed by atoms with Crippen LogP contribution in [0.5, 0.6) is 5.75 Å². The van der Waals surface area contributed by atoms with Crippen LogP contribution in [0.1, 0.15) is 30.5 Å². The number of nitrogens with zero attached hydrogens (tertiary/aromatic N) is 2. The van der Waals surface area contributed by atoms with E-state index >= 15 is 0 Å². The molecule has 1 aliphatic heterocycles. The van der Waals surface area contributed by atoms with Crippen LogP contribution in [0, 0.1) is 5.92 Å². The van der Waals surface area contributed by atoms with Crippen molar-refractivity contribution < 1.29 is 14.3 Å². The lowest BCUT2D eigenvalue weighted by atomic mass is 9.98. The monoisotopic (exact) mass is 492 g/mol. The standard InChI is InChI=1S/C23H26BrClN2O3/c1-15(2)14-30-23(28)27-12-11-26-22(27)19-5-4-6-20(25)18(19)9-7-16-13-17(24)8-10-21(16)29-3/h4-6,8,10,13,15H,7,9,11-12,14H2,1-3H3. The number of rotatable bonds is 7. The van der Waals surface area contributed by atoms with Gasteiger partial charge in [-0.3, -0.25) is 9.89 Å². The van der Waals surface area contributed by atoms with Gasteiger partial charge in [0.25, 0.3) is 0 Å². The van der Waals surface area contributed by atoms with Gasteiger partial charge in [-0.1, -0.05) is 53.5 Å². The van der Waals surface area contributed by atoms with Crippen molar-refractivity contribution in [3.8, 4) is 5.75 Å². The number of aliphatic imine (C=N–C) groups is 1. The highest BCUT2D eigenvalue weighted by atomic mass is 79.9. The van der Waals surface area contributed by atoms with Crippen LogP contribution in [-0.4, -0.2) is 43.6 Å². The van der Waals surface area contributed by atoms with E-state index in [-0.39, 0.29) is 12.0 Å². The van der Waals surface area contributed by atoms with Crippen LogP contribution in [0.2, 0.25) is 5.02 Å². The summed E-state index contributed by atoms with van der Waals surface area (Å²) in [5.41, 5.74) is 2.92. The fraction of sp³-hybridized carbons (Fsp3) is 0.391. The van der Waals surface area contributed by atoms with Gasteiger partial charge in [-0.05, 0) is 54.2 Å². The Morgan fingerprint density at radius 1 is 1.27 bits per heavy atom. The minimum atomic E-state index is -0.362. The van der Waals surface area contributed by atoms with Crippen molar-refractivity contribution in [1.29, 1.82) is 0 Å². The van der Waals surface area contributed by atoms with Crippen molar-refractivity contribution in [1.82, 2.24) is 4.90 Å². The maximum Gasteiger partial charge on any atom is 0.415 e. The van der Waals surface area contributed by atoms with E-state index in [1.807, 2.05) is 44.2 Å². The van der Waals surface area contributed by atoms with Gasteiger partial charge in [0.1, 0.15) is 11.6 Å². The molecule has 7 heteroatoms.